The van der Waals surface area contributed by atoms with Gasteiger partial charge in [0.15, 0.2) is 5.82 Å². The molecular formula is C19H19ClF2N6O2. The molecule has 2 atom stereocenters. The Bertz CT molecular complexity index is 1040. The number of hydrogen-bond donors (Lipinski definition) is 2. The first-order valence-corrected chi connectivity index (χ1v) is 9.74. The van der Waals surface area contributed by atoms with Crippen molar-refractivity contribution in [2.24, 2.45) is 5.92 Å². The third-order valence-corrected chi connectivity index (χ3v) is 5.65. The zero-order chi connectivity index (χ0) is 21.3. The maximum atomic E-state index is 15.4. The number of likely N-dealkylation sites (tertiary alicyclic amines) is 1. The molecule has 158 valence electrons. The van der Waals surface area contributed by atoms with Crippen molar-refractivity contribution in [3.8, 4) is 0 Å². The number of rotatable bonds is 5. The van der Waals surface area contributed by atoms with Crippen molar-refractivity contribution < 1.29 is 18.7 Å². The van der Waals surface area contributed by atoms with E-state index in [1.165, 1.54) is 12.5 Å². The van der Waals surface area contributed by atoms with Crippen LogP contribution in [0.3, 0.4) is 0 Å². The fourth-order valence-electron chi connectivity index (χ4n) is 3.78. The molecule has 0 radical (unpaired) electrons. The van der Waals surface area contributed by atoms with Crippen LogP contribution >= 0.6 is 11.6 Å². The lowest BCUT2D eigenvalue weighted by molar-refractivity contribution is -0.140. The largest absolute Gasteiger partial charge is 0.465 e. The first-order chi connectivity index (χ1) is 14.4. The molecule has 11 heteroatoms. The van der Waals surface area contributed by atoms with Gasteiger partial charge in [0.1, 0.15) is 12.4 Å². The van der Waals surface area contributed by atoms with Crippen LogP contribution in [0.4, 0.5) is 19.4 Å². The number of alkyl halides is 2. The van der Waals surface area contributed by atoms with E-state index >= 15 is 8.78 Å². The molecule has 1 aliphatic heterocycles. The Balaban J connectivity index is 1.54. The average molecular weight is 437 g/mol. The van der Waals surface area contributed by atoms with Gasteiger partial charge in [-0.15, -0.1) is 10.2 Å². The smallest absolute Gasteiger partial charge is 0.407 e. The number of carbonyl (C=O) groups is 1. The van der Waals surface area contributed by atoms with Gasteiger partial charge in [0.25, 0.3) is 5.92 Å². The summed E-state index contributed by atoms with van der Waals surface area (Å²) in [7, 11) is 0. The Morgan fingerprint density at radius 1 is 1.33 bits per heavy atom. The van der Waals surface area contributed by atoms with E-state index < -0.39 is 24.0 Å². The van der Waals surface area contributed by atoms with Gasteiger partial charge in [0.05, 0.1) is 0 Å². The third-order valence-electron chi connectivity index (χ3n) is 5.40. The molecule has 8 nitrogen and oxygen atoms in total. The molecule has 0 aliphatic carbocycles. The summed E-state index contributed by atoms with van der Waals surface area (Å²) < 4.78 is 32.5. The minimum atomic E-state index is -3.25. The number of aromatic nitrogens is 4. The van der Waals surface area contributed by atoms with Crippen molar-refractivity contribution in [3.05, 3.63) is 53.6 Å². The van der Waals surface area contributed by atoms with Crippen LogP contribution in [-0.2, 0) is 6.42 Å². The quantitative estimate of drug-likeness (QED) is 0.636. The van der Waals surface area contributed by atoms with Crippen molar-refractivity contribution in [1.82, 2.24) is 24.5 Å². The summed E-state index contributed by atoms with van der Waals surface area (Å²) in [6, 6.07) is 5.00. The second-order valence-electron chi connectivity index (χ2n) is 7.20. The Hall–Kier alpha value is -3.01. The predicted molar refractivity (Wildman–Crippen MR) is 106 cm³/mol. The van der Waals surface area contributed by atoms with E-state index in [-0.39, 0.29) is 25.9 Å². The minimum absolute atomic E-state index is 0.0259. The van der Waals surface area contributed by atoms with Gasteiger partial charge in [-0.2, -0.15) is 0 Å². The number of fused-ring (bicyclic) bond motifs is 1. The fraction of sp³-hybridized carbons (Fsp3) is 0.368. The highest BCUT2D eigenvalue weighted by atomic mass is 35.5. The zero-order valence-corrected chi connectivity index (χ0v) is 16.5. The fourth-order valence-corrected chi connectivity index (χ4v) is 3.91. The molecule has 1 unspecified atom stereocenters. The normalized spacial score (nSPS) is 21.0. The first kappa shape index (κ1) is 20.3. The van der Waals surface area contributed by atoms with Crippen LogP contribution in [0, 0.1) is 5.92 Å². The highest BCUT2D eigenvalue weighted by Crippen LogP contribution is 2.40. The molecule has 0 spiro atoms. The summed E-state index contributed by atoms with van der Waals surface area (Å²) in [6.45, 7) is -0.0464. The standard InChI is InChI=1S/C19H19ClF2N6O2/c20-14-3-1-12(2-4-14)9-15-19(21,22)13(5-7-28(15)18(29)30)10-24-16-17-26-25-11-27(17)8-6-23-16/h1-4,6,8,11,13,15H,5,7,9-10H2,(H,23,24)(H,29,30)/t13?,15-/m1/s1. The van der Waals surface area contributed by atoms with Gasteiger partial charge >= 0.3 is 6.09 Å². The number of halogens is 3. The van der Waals surface area contributed by atoms with Crippen LogP contribution < -0.4 is 5.32 Å². The van der Waals surface area contributed by atoms with Gasteiger partial charge in [0.2, 0.25) is 5.65 Å². The van der Waals surface area contributed by atoms with Crippen LogP contribution in [0.1, 0.15) is 12.0 Å². The van der Waals surface area contributed by atoms with E-state index in [1.807, 2.05) is 0 Å². The monoisotopic (exact) mass is 436 g/mol. The number of nitrogens with one attached hydrogen (secondary N) is 1. The van der Waals surface area contributed by atoms with Gasteiger partial charge in [-0.3, -0.25) is 9.30 Å². The number of nitrogens with zero attached hydrogens (tertiary/aromatic N) is 5. The zero-order valence-electron chi connectivity index (χ0n) is 15.8. The van der Waals surface area contributed by atoms with Crippen LogP contribution in [0.25, 0.3) is 5.65 Å². The highest BCUT2D eigenvalue weighted by Gasteiger charge is 2.53. The van der Waals surface area contributed by atoms with Gasteiger partial charge in [0, 0.05) is 36.4 Å². The van der Waals surface area contributed by atoms with E-state index in [1.54, 1.807) is 34.9 Å². The molecule has 4 rings (SSSR count). The van der Waals surface area contributed by atoms with Crippen molar-refractivity contribution in [2.75, 3.05) is 18.4 Å². The topological polar surface area (TPSA) is 95.7 Å². The van der Waals surface area contributed by atoms with E-state index in [0.717, 1.165) is 4.90 Å². The number of hydrogen-bond acceptors (Lipinski definition) is 5. The highest BCUT2D eigenvalue weighted by molar-refractivity contribution is 6.30. The number of benzene rings is 1. The minimum Gasteiger partial charge on any atom is -0.465 e. The molecule has 1 amide bonds. The predicted octanol–water partition coefficient (Wildman–Crippen LogP) is 3.44. The molecule has 0 saturated carbocycles. The molecule has 1 aromatic carbocycles. The van der Waals surface area contributed by atoms with Crippen molar-refractivity contribution in [1.29, 1.82) is 0 Å². The van der Waals surface area contributed by atoms with Crippen LogP contribution in [0.15, 0.2) is 43.0 Å². The second kappa shape index (κ2) is 8.02. The number of piperidine rings is 1. The Morgan fingerprint density at radius 3 is 2.83 bits per heavy atom. The van der Waals surface area contributed by atoms with Crippen LogP contribution in [0.5, 0.6) is 0 Å². The summed E-state index contributed by atoms with van der Waals surface area (Å²) in [5, 5.41) is 20.6. The molecule has 2 aromatic heterocycles. The molecule has 1 aliphatic rings. The lowest BCUT2D eigenvalue weighted by Gasteiger charge is -2.44. The van der Waals surface area contributed by atoms with Gasteiger partial charge in [-0.1, -0.05) is 23.7 Å². The molecule has 3 heterocycles. The van der Waals surface area contributed by atoms with Crippen molar-refractivity contribution >= 4 is 29.2 Å². The Kier molecular flexibility index (Phi) is 5.42. The summed E-state index contributed by atoms with van der Waals surface area (Å²) in [5.41, 5.74) is 1.03. The average Bonchev–Trinajstić information content (AvgIpc) is 3.19. The van der Waals surface area contributed by atoms with E-state index in [9.17, 15) is 9.90 Å². The summed E-state index contributed by atoms with van der Waals surface area (Å²) >= 11 is 5.87. The van der Waals surface area contributed by atoms with E-state index in [4.69, 9.17) is 11.6 Å². The molecule has 1 fully saturated rings. The molecule has 2 N–H and O–H groups in total. The van der Waals surface area contributed by atoms with Gasteiger partial charge in [-0.25, -0.2) is 18.6 Å². The third kappa shape index (κ3) is 3.87. The van der Waals surface area contributed by atoms with E-state index in [0.29, 0.717) is 22.1 Å². The summed E-state index contributed by atoms with van der Waals surface area (Å²) in [4.78, 5) is 16.6. The lowest BCUT2D eigenvalue weighted by Crippen LogP contribution is -2.60. The van der Waals surface area contributed by atoms with Crippen LogP contribution in [-0.4, -0.2) is 60.7 Å². The van der Waals surface area contributed by atoms with Gasteiger partial charge < -0.3 is 10.4 Å². The van der Waals surface area contributed by atoms with Crippen molar-refractivity contribution in [3.63, 3.8) is 0 Å². The Labute approximate surface area is 175 Å². The Morgan fingerprint density at radius 2 is 2.10 bits per heavy atom. The second-order valence-corrected chi connectivity index (χ2v) is 7.64. The molecule has 0 bridgehead atoms. The molecule has 1 saturated heterocycles. The first-order valence-electron chi connectivity index (χ1n) is 9.36. The number of carboxylic acid groups (broad SMARTS) is 1. The molecular weight excluding hydrogens is 418 g/mol. The number of amides is 1. The maximum Gasteiger partial charge on any atom is 0.407 e. The summed E-state index contributed by atoms with van der Waals surface area (Å²) in [6.07, 6.45) is 3.24. The van der Waals surface area contributed by atoms with Crippen molar-refractivity contribution in [2.45, 2.75) is 24.8 Å². The lowest BCUT2D eigenvalue weighted by atomic mass is 9.83. The van der Waals surface area contributed by atoms with Gasteiger partial charge in [-0.05, 0) is 30.5 Å². The summed E-state index contributed by atoms with van der Waals surface area (Å²) in [5.74, 6) is -3.97. The van der Waals surface area contributed by atoms with Crippen LogP contribution in [0.2, 0.25) is 5.02 Å². The molecule has 30 heavy (non-hydrogen) atoms. The maximum absolute atomic E-state index is 15.4. The number of anilines is 1. The van der Waals surface area contributed by atoms with E-state index in [2.05, 4.69) is 20.5 Å². The SMILES string of the molecule is O=C(O)N1CCC(CNc2nccn3cnnc23)C(F)(F)[C@H]1Cc1ccc(Cl)cc1. The molecule has 3 aromatic rings.